The molecule has 0 saturated heterocycles. The van der Waals surface area contributed by atoms with Gasteiger partial charge in [-0.1, -0.05) is 31.2 Å². The van der Waals surface area contributed by atoms with Crippen LogP contribution in [-0.4, -0.2) is 28.9 Å². The Labute approximate surface area is 142 Å². The summed E-state index contributed by atoms with van der Waals surface area (Å²) in [6.07, 6.45) is 2.39. The van der Waals surface area contributed by atoms with Crippen molar-refractivity contribution in [2.45, 2.75) is 18.2 Å². The summed E-state index contributed by atoms with van der Waals surface area (Å²) in [5.41, 5.74) is 2.00. The van der Waals surface area contributed by atoms with Crippen LogP contribution in [0.2, 0.25) is 0 Å². The molecule has 1 N–H and O–H groups in total. The molecule has 24 heavy (non-hydrogen) atoms. The lowest BCUT2D eigenvalue weighted by Gasteiger charge is -2.10. The lowest BCUT2D eigenvalue weighted by Crippen LogP contribution is -2.19. The van der Waals surface area contributed by atoms with Crippen LogP contribution in [0.15, 0.2) is 52.5 Å². The Morgan fingerprint density at radius 3 is 2.38 bits per heavy atom. The Hall–Kier alpha value is -2.54. The largest absolute Gasteiger partial charge is 0.497 e. The van der Waals surface area contributed by atoms with E-state index < -0.39 is 10.0 Å². The molecule has 2 aromatic rings. The Morgan fingerprint density at radius 2 is 1.79 bits per heavy atom. The second kappa shape index (κ2) is 7.83. The van der Waals surface area contributed by atoms with Gasteiger partial charge in [-0.25, -0.2) is 0 Å². The van der Waals surface area contributed by atoms with Crippen molar-refractivity contribution in [2.24, 2.45) is 5.10 Å². The van der Waals surface area contributed by atoms with Crippen molar-refractivity contribution < 1.29 is 17.9 Å². The normalized spacial score (nSPS) is 11.5. The second-order valence-corrected chi connectivity index (χ2v) is 6.59. The molecule has 0 radical (unpaired) electrons. The molecule has 7 heteroatoms. The minimum Gasteiger partial charge on any atom is -0.497 e. The highest BCUT2D eigenvalue weighted by Gasteiger charge is 2.19. The molecule has 0 aliphatic carbocycles. The zero-order valence-electron chi connectivity index (χ0n) is 13.8. The molecule has 6 nitrogen and oxygen atoms in total. The summed E-state index contributed by atoms with van der Waals surface area (Å²) in [5, 5.41) is 3.82. The van der Waals surface area contributed by atoms with Crippen LogP contribution in [0.1, 0.15) is 18.1 Å². The number of aryl methyl sites for hydroxylation is 1. The third-order valence-corrected chi connectivity index (χ3v) is 4.68. The second-order valence-electron chi connectivity index (χ2n) is 4.96. The molecule has 0 amide bonds. The number of methoxy groups -OCH3 is 2. The smallest absolute Gasteiger partial charge is 0.280 e. The van der Waals surface area contributed by atoms with Crippen molar-refractivity contribution in [1.29, 1.82) is 0 Å². The third kappa shape index (κ3) is 4.26. The van der Waals surface area contributed by atoms with Gasteiger partial charge in [0.1, 0.15) is 16.4 Å². The predicted molar refractivity (Wildman–Crippen MR) is 93.3 cm³/mol. The Kier molecular flexibility index (Phi) is 5.81. The summed E-state index contributed by atoms with van der Waals surface area (Å²) >= 11 is 0. The van der Waals surface area contributed by atoms with Gasteiger partial charge in [0.05, 0.1) is 20.4 Å². The van der Waals surface area contributed by atoms with Gasteiger partial charge in [0.15, 0.2) is 0 Å². The number of hydrogen-bond donors (Lipinski definition) is 1. The van der Waals surface area contributed by atoms with Crippen LogP contribution in [0.25, 0.3) is 0 Å². The molecular weight excluding hydrogens is 328 g/mol. The molecule has 0 spiro atoms. The van der Waals surface area contributed by atoms with Crippen molar-refractivity contribution in [1.82, 2.24) is 4.83 Å². The first-order chi connectivity index (χ1) is 11.5. The fourth-order valence-electron chi connectivity index (χ4n) is 2.05. The Morgan fingerprint density at radius 1 is 1.08 bits per heavy atom. The van der Waals surface area contributed by atoms with E-state index in [-0.39, 0.29) is 10.6 Å². The van der Waals surface area contributed by atoms with Crippen molar-refractivity contribution >= 4 is 16.2 Å². The lowest BCUT2D eigenvalue weighted by molar-refractivity contribution is 0.392. The van der Waals surface area contributed by atoms with Gasteiger partial charge < -0.3 is 9.47 Å². The van der Waals surface area contributed by atoms with Crippen LogP contribution in [0, 0.1) is 0 Å². The van der Waals surface area contributed by atoms with Crippen molar-refractivity contribution in [3.8, 4) is 11.5 Å². The maximum absolute atomic E-state index is 12.4. The molecule has 0 aromatic heterocycles. The maximum atomic E-state index is 12.4. The molecule has 0 fully saturated rings. The van der Waals surface area contributed by atoms with Crippen LogP contribution in [0.4, 0.5) is 0 Å². The average Bonchev–Trinajstić information content (AvgIpc) is 2.61. The van der Waals surface area contributed by atoms with E-state index in [4.69, 9.17) is 9.47 Å². The summed E-state index contributed by atoms with van der Waals surface area (Å²) in [6, 6.07) is 12.2. The lowest BCUT2D eigenvalue weighted by atomic mass is 10.1. The van der Waals surface area contributed by atoms with Gasteiger partial charge in [0.25, 0.3) is 10.0 Å². The number of rotatable bonds is 7. The summed E-state index contributed by atoms with van der Waals surface area (Å²) in [7, 11) is -1.01. The van der Waals surface area contributed by atoms with Crippen molar-refractivity contribution in [2.75, 3.05) is 14.2 Å². The Balaban J connectivity index is 2.20. The third-order valence-electron chi connectivity index (χ3n) is 3.43. The predicted octanol–water partition coefficient (Wildman–Crippen LogP) is 2.58. The van der Waals surface area contributed by atoms with Crippen LogP contribution >= 0.6 is 0 Å². The highest BCUT2D eigenvalue weighted by molar-refractivity contribution is 7.89. The number of nitrogens with zero attached hydrogens (tertiary/aromatic N) is 1. The van der Waals surface area contributed by atoms with Gasteiger partial charge in [-0.2, -0.15) is 18.4 Å². The molecule has 0 aliphatic rings. The van der Waals surface area contributed by atoms with Gasteiger partial charge in [-0.15, -0.1) is 0 Å². The van der Waals surface area contributed by atoms with Gasteiger partial charge in [0, 0.05) is 6.07 Å². The molecule has 128 valence electrons. The first kappa shape index (κ1) is 17.8. The molecular formula is C17H20N2O4S. The van der Waals surface area contributed by atoms with E-state index in [0.717, 1.165) is 12.0 Å². The first-order valence-electron chi connectivity index (χ1n) is 7.36. The molecule has 0 bridgehead atoms. The maximum Gasteiger partial charge on any atom is 0.280 e. The molecule has 0 heterocycles. The van der Waals surface area contributed by atoms with Gasteiger partial charge in [-0.3, -0.25) is 0 Å². The molecule has 0 unspecified atom stereocenters. The van der Waals surface area contributed by atoms with Gasteiger partial charge in [-0.05, 0) is 29.7 Å². The van der Waals surface area contributed by atoms with E-state index in [2.05, 4.69) is 16.9 Å². The molecule has 0 aliphatic heterocycles. The Bertz CT molecular complexity index is 815. The number of hydrazone groups is 1. The zero-order valence-corrected chi connectivity index (χ0v) is 14.6. The average molecular weight is 348 g/mol. The van der Waals surface area contributed by atoms with E-state index in [1.165, 1.54) is 38.1 Å². The molecule has 2 rings (SSSR count). The van der Waals surface area contributed by atoms with E-state index in [1.54, 1.807) is 6.07 Å². The van der Waals surface area contributed by atoms with Gasteiger partial charge in [0.2, 0.25) is 0 Å². The summed E-state index contributed by atoms with van der Waals surface area (Å²) in [5.74, 6) is 0.626. The zero-order chi connectivity index (χ0) is 17.6. The quantitative estimate of drug-likeness (QED) is 0.616. The topological polar surface area (TPSA) is 77.0 Å². The van der Waals surface area contributed by atoms with E-state index in [1.807, 2.05) is 24.3 Å². The van der Waals surface area contributed by atoms with Crippen molar-refractivity contribution in [3.05, 3.63) is 53.6 Å². The van der Waals surface area contributed by atoms with Crippen LogP contribution in [0.3, 0.4) is 0 Å². The highest BCUT2D eigenvalue weighted by Crippen LogP contribution is 2.27. The standard InChI is InChI=1S/C17H20N2O4S/c1-4-13-5-7-14(8-6-13)12-18-19-24(20,21)17-11-15(22-2)9-10-16(17)23-3/h5-12,19H,4H2,1-3H3/b18-12+. The van der Waals surface area contributed by atoms with Crippen LogP contribution in [-0.2, 0) is 16.4 Å². The fraction of sp³-hybridized carbons (Fsp3) is 0.235. The number of sulfonamides is 1. The number of nitrogens with one attached hydrogen (secondary N) is 1. The summed E-state index contributed by atoms with van der Waals surface area (Å²) in [6.45, 7) is 2.07. The van der Waals surface area contributed by atoms with Crippen molar-refractivity contribution in [3.63, 3.8) is 0 Å². The molecule has 2 aromatic carbocycles. The van der Waals surface area contributed by atoms with Crippen LogP contribution < -0.4 is 14.3 Å². The monoisotopic (exact) mass is 348 g/mol. The summed E-state index contributed by atoms with van der Waals surface area (Å²) in [4.78, 5) is 2.15. The number of benzene rings is 2. The van der Waals surface area contributed by atoms with E-state index >= 15 is 0 Å². The summed E-state index contributed by atoms with van der Waals surface area (Å²) < 4.78 is 35.0. The highest BCUT2D eigenvalue weighted by atomic mass is 32.2. The van der Waals surface area contributed by atoms with Gasteiger partial charge >= 0.3 is 0 Å². The van der Waals surface area contributed by atoms with E-state index in [0.29, 0.717) is 5.75 Å². The SMILES string of the molecule is CCc1ccc(/C=N/NS(=O)(=O)c2cc(OC)ccc2OC)cc1. The number of hydrogen-bond acceptors (Lipinski definition) is 5. The first-order valence-corrected chi connectivity index (χ1v) is 8.84. The fourth-order valence-corrected chi connectivity index (χ4v) is 3.03. The van der Waals surface area contributed by atoms with Crippen LogP contribution in [0.5, 0.6) is 11.5 Å². The molecule has 0 atom stereocenters. The molecule has 0 saturated carbocycles. The number of ether oxygens (including phenoxy) is 2. The minimum absolute atomic E-state index is 0.0390. The van der Waals surface area contributed by atoms with E-state index in [9.17, 15) is 8.42 Å². The minimum atomic E-state index is -3.87.